The molecular weight excluding hydrogens is 198 g/mol. The molecule has 0 bridgehead atoms. The molecule has 1 heterocycles. The average Bonchev–Trinajstić information content (AvgIpc) is 2.63. The topological polar surface area (TPSA) is 35.2 Å². The smallest absolute Gasteiger partial charge is 0.0687 e. The Labute approximate surface area is 99.9 Å². The van der Waals surface area contributed by atoms with Crippen molar-refractivity contribution in [2.24, 2.45) is 5.73 Å². The first kappa shape index (κ1) is 12.4. The van der Waals surface area contributed by atoms with Gasteiger partial charge < -0.3 is 10.5 Å². The molecule has 1 saturated heterocycles. The summed E-state index contributed by atoms with van der Waals surface area (Å²) in [6.07, 6.45) is 13.2. The van der Waals surface area contributed by atoms with Crippen LogP contribution in [0.4, 0.5) is 0 Å². The standard InChI is InChI=1S/C14H27NO/c1-2-6-12(15)11-13-7-10-14(16-13)8-4-3-5-9-14/h12-13H,2-11,15H2,1H3. The molecule has 2 N–H and O–H groups in total. The lowest BCUT2D eigenvalue weighted by Crippen LogP contribution is -2.33. The lowest BCUT2D eigenvalue weighted by molar-refractivity contribution is -0.0672. The fourth-order valence-electron chi connectivity index (χ4n) is 3.45. The van der Waals surface area contributed by atoms with Gasteiger partial charge >= 0.3 is 0 Å². The third-order valence-electron chi connectivity index (χ3n) is 4.33. The molecule has 1 aliphatic heterocycles. The molecule has 2 unspecified atom stereocenters. The molecular formula is C14H27NO. The van der Waals surface area contributed by atoms with E-state index in [1.807, 2.05) is 0 Å². The predicted molar refractivity (Wildman–Crippen MR) is 67.4 cm³/mol. The van der Waals surface area contributed by atoms with Crippen LogP contribution in [-0.2, 0) is 4.74 Å². The van der Waals surface area contributed by atoms with Crippen molar-refractivity contribution in [1.29, 1.82) is 0 Å². The van der Waals surface area contributed by atoms with E-state index >= 15 is 0 Å². The first-order valence-electron chi connectivity index (χ1n) is 7.17. The van der Waals surface area contributed by atoms with Crippen LogP contribution in [0, 0.1) is 0 Å². The molecule has 0 aromatic rings. The summed E-state index contributed by atoms with van der Waals surface area (Å²) >= 11 is 0. The summed E-state index contributed by atoms with van der Waals surface area (Å²) in [5.41, 5.74) is 6.37. The van der Waals surface area contributed by atoms with Gasteiger partial charge in [0.1, 0.15) is 0 Å². The quantitative estimate of drug-likeness (QED) is 0.796. The largest absolute Gasteiger partial charge is 0.372 e. The van der Waals surface area contributed by atoms with Crippen molar-refractivity contribution in [2.45, 2.75) is 88.9 Å². The maximum absolute atomic E-state index is 6.33. The third kappa shape index (κ3) is 2.98. The van der Waals surface area contributed by atoms with Crippen LogP contribution >= 0.6 is 0 Å². The minimum absolute atomic E-state index is 0.273. The van der Waals surface area contributed by atoms with Gasteiger partial charge in [0.15, 0.2) is 0 Å². The first-order chi connectivity index (χ1) is 7.74. The van der Waals surface area contributed by atoms with Crippen molar-refractivity contribution in [3.63, 3.8) is 0 Å². The van der Waals surface area contributed by atoms with Gasteiger partial charge in [0.25, 0.3) is 0 Å². The van der Waals surface area contributed by atoms with E-state index in [9.17, 15) is 0 Å². The van der Waals surface area contributed by atoms with Crippen LogP contribution in [0.15, 0.2) is 0 Å². The van der Waals surface area contributed by atoms with Crippen molar-refractivity contribution in [3.05, 3.63) is 0 Å². The monoisotopic (exact) mass is 225 g/mol. The van der Waals surface area contributed by atoms with Crippen LogP contribution in [0.3, 0.4) is 0 Å². The maximum Gasteiger partial charge on any atom is 0.0687 e. The Bertz CT molecular complexity index is 211. The second kappa shape index (κ2) is 5.50. The van der Waals surface area contributed by atoms with Crippen molar-refractivity contribution >= 4 is 0 Å². The highest BCUT2D eigenvalue weighted by molar-refractivity contribution is 4.92. The van der Waals surface area contributed by atoms with Gasteiger partial charge in [-0.05, 0) is 38.5 Å². The molecule has 1 spiro atoms. The second-order valence-electron chi connectivity index (χ2n) is 5.81. The Morgan fingerprint density at radius 3 is 2.69 bits per heavy atom. The Kier molecular flexibility index (Phi) is 4.26. The van der Waals surface area contributed by atoms with Gasteiger partial charge in [0.05, 0.1) is 11.7 Å². The number of nitrogens with two attached hydrogens (primary N) is 1. The maximum atomic E-state index is 6.33. The van der Waals surface area contributed by atoms with Crippen molar-refractivity contribution in [1.82, 2.24) is 0 Å². The molecule has 0 aromatic heterocycles. The second-order valence-corrected chi connectivity index (χ2v) is 5.81. The number of ether oxygens (including phenoxy) is 1. The lowest BCUT2D eigenvalue weighted by Gasteiger charge is -2.33. The molecule has 2 nitrogen and oxygen atoms in total. The molecule has 94 valence electrons. The molecule has 2 rings (SSSR count). The molecule has 2 heteroatoms. The molecule has 1 saturated carbocycles. The van der Waals surface area contributed by atoms with E-state index in [2.05, 4.69) is 6.92 Å². The summed E-state index contributed by atoms with van der Waals surface area (Å²) in [6, 6.07) is 0.355. The van der Waals surface area contributed by atoms with Crippen molar-refractivity contribution in [3.8, 4) is 0 Å². The zero-order valence-corrected chi connectivity index (χ0v) is 10.7. The van der Waals surface area contributed by atoms with Gasteiger partial charge in [-0.2, -0.15) is 0 Å². The van der Waals surface area contributed by atoms with E-state index in [4.69, 9.17) is 10.5 Å². The summed E-state index contributed by atoms with van der Waals surface area (Å²) in [5.74, 6) is 0. The minimum Gasteiger partial charge on any atom is -0.372 e. The van der Waals surface area contributed by atoms with Gasteiger partial charge in [-0.1, -0.05) is 32.6 Å². The molecule has 2 atom stereocenters. The molecule has 0 amide bonds. The number of hydrogen-bond donors (Lipinski definition) is 1. The van der Waals surface area contributed by atoms with Crippen LogP contribution in [0.25, 0.3) is 0 Å². The Hall–Kier alpha value is -0.0800. The van der Waals surface area contributed by atoms with Gasteiger partial charge in [0.2, 0.25) is 0 Å². The molecule has 16 heavy (non-hydrogen) atoms. The highest BCUT2D eigenvalue weighted by Gasteiger charge is 2.40. The van der Waals surface area contributed by atoms with Gasteiger partial charge in [0, 0.05) is 6.04 Å². The highest BCUT2D eigenvalue weighted by Crippen LogP contribution is 2.42. The van der Waals surface area contributed by atoms with E-state index in [-0.39, 0.29) is 5.60 Å². The lowest BCUT2D eigenvalue weighted by atomic mass is 9.83. The van der Waals surface area contributed by atoms with Gasteiger partial charge in [-0.3, -0.25) is 0 Å². The Morgan fingerprint density at radius 1 is 1.25 bits per heavy atom. The van der Waals surface area contributed by atoms with Crippen LogP contribution in [0.1, 0.15) is 71.1 Å². The van der Waals surface area contributed by atoms with E-state index < -0.39 is 0 Å². The first-order valence-corrected chi connectivity index (χ1v) is 7.17. The fourth-order valence-corrected chi connectivity index (χ4v) is 3.45. The summed E-state index contributed by atoms with van der Waals surface area (Å²) < 4.78 is 6.33. The minimum atomic E-state index is 0.273. The molecule has 0 radical (unpaired) electrons. The third-order valence-corrected chi connectivity index (χ3v) is 4.33. The van der Waals surface area contributed by atoms with E-state index in [1.54, 1.807) is 0 Å². The summed E-state index contributed by atoms with van der Waals surface area (Å²) in [4.78, 5) is 0. The summed E-state index contributed by atoms with van der Waals surface area (Å²) in [5, 5.41) is 0. The zero-order valence-electron chi connectivity index (χ0n) is 10.7. The average molecular weight is 225 g/mol. The number of rotatable bonds is 4. The molecule has 0 aromatic carbocycles. The van der Waals surface area contributed by atoms with E-state index in [0.717, 1.165) is 12.8 Å². The summed E-state index contributed by atoms with van der Waals surface area (Å²) in [6.45, 7) is 2.21. The number of hydrogen-bond acceptors (Lipinski definition) is 2. The van der Waals surface area contributed by atoms with E-state index in [0.29, 0.717) is 12.1 Å². The van der Waals surface area contributed by atoms with Crippen LogP contribution in [0.5, 0.6) is 0 Å². The molecule has 1 aliphatic carbocycles. The van der Waals surface area contributed by atoms with Gasteiger partial charge in [-0.25, -0.2) is 0 Å². The van der Waals surface area contributed by atoms with Crippen LogP contribution in [-0.4, -0.2) is 17.7 Å². The highest BCUT2D eigenvalue weighted by atomic mass is 16.5. The Balaban J connectivity index is 1.78. The van der Waals surface area contributed by atoms with Crippen molar-refractivity contribution < 1.29 is 4.74 Å². The van der Waals surface area contributed by atoms with E-state index in [1.165, 1.54) is 51.4 Å². The molecule has 2 fully saturated rings. The van der Waals surface area contributed by atoms with Gasteiger partial charge in [-0.15, -0.1) is 0 Å². The molecule has 2 aliphatic rings. The van der Waals surface area contributed by atoms with Crippen molar-refractivity contribution in [2.75, 3.05) is 0 Å². The zero-order chi connectivity index (χ0) is 11.4. The van der Waals surface area contributed by atoms with Crippen LogP contribution in [0.2, 0.25) is 0 Å². The normalized spacial score (nSPS) is 30.8. The summed E-state index contributed by atoms with van der Waals surface area (Å²) in [7, 11) is 0. The van der Waals surface area contributed by atoms with Crippen LogP contribution < -0.4 is 5.73 Å². The SMILES string of the molecule is CCCC(N)CC1CCC2(CCCCC2)O1. The predicted octanol–water partition coefficient (Wildman–Crippen LogP) is 3.39. The fraction of sp³-hybridized carbons (Fsp3) is 1.00. The Morgan fingerprint density at radius 2 is 2.00 bits per heavy atom.